The Balaban J connectivity index is 1.64. The van der Waals surface area contributed by atoms with E-state index in [0.717, 1.165) is 0 Å². The lowest BCUT2D eigenvalue weighted by Gasteiger charge is -2.17. The molecule has 33 heavy (non-hydrogen) atoms. The van der Waals surface area contributed by atoms with Gasteiger partial charge >= 0.3 is 0 Å². The van der Waals surface area contributed by atoms with Crippen molar-refractivity contribution < 1.29 is 27.6 Å². The highest BCUT2D eigenvalue weighted by atomic mass is 32.2. The SMILES string of the molecule is CC(=O)c1cccc(NC(=O)C[C@@H]2CS(=O)(=O)C[C@H]2CC(=O)Nc2cccc(C(C)=O)c2)c1. The lowest BCUT2D eigenvalue weighted by molar-refractivity contribution is -0.119. The Morgan fingerprint density at radius 3 is 1.52 bits per heavy atom. The van der Waals surface area contributed by atoms with Gasteiger partial charge in [0, 0.05) is 35.3 Å². The number of hydrogen-bond donors (Lipinski definition) is 2. The van der Waals surface area contributed by atoms with Crippen LogP contribution in [0.3, 0.4) is 0 Å². The summed E-state index contributed by atoms with van der Waals surface area (Å²) in [6, 6.07) is 13.0. The number of sulfone groups is 1. The summed E-state index contributed by atoms with van der Waals surface area (Å²) in [4.78, 5) is 48.2. The molecular weight excluding hydrogens is 444 g/mol. The summed E-state index contributed by atoms with van der Waals surface area (Å²) < 4.78 is 24.5. The normalized spacial score (nSPS) is 19.0. The van der Waals surface area contributed by atoms with Crippen LogP contribution < -0.4 is 10.6 Å². The van der Waals surface area contributed by atoms with E-state index in [-0.39, 0.29) is 47.7 Å². The second-order valence-electron chi connectivity index (χ2n) is 8.38. The van der Waals surface area contributed by atoms with Crippen LogP contribution in [0.15, 0.2) is 48.5 Å². The van der Waals surface area contributed by atoms with Crippen molar-refractivity contribution in [2.45, 2.75) is 26.7 Å². The molecule has 0 saturated carbocycles. The minimum atomic E-state index is -3.37. The maximum Gasteiger partial charge on any atom is 0.224 e. The van der Waals surface area contributed by atoms with E-state index in [1.165, 1.54) is 13.8 Å². The first-order valence-corrected chi connectivity index (χ1v) is 12.4. The highest BCUT2D eigenvalue weighted by Crippen LogP contribution is 2.31. The molecule has 2 N–H and O–H groups in total. The number of carbonyl (C=O) groups excluding carboxylic acids is 4. The topological polar surface area (TPSA) is 126 Å². The average molecular weight is 471 g/mol. The molecule has 3 rings (SSSR count). The largest absolute Gasteiger partial charge is 0.326 e. The van der Waals surface area contributed by atoms with E-state index in [4.69, 9.17) is 0 Å². The summed E-state index contributed by atoms with van der Waals surface area (Å²) in [6.07, 6.45) is -0.109. The molecule has 1 aliphatic rings. The summed E-state index contributed by atoms with van der Waals surface area (Å²) in [5.41, 5.74) is 1.82. The summed E-state index contributed by atoms with van der Waals surface area (Å²) >= 11 is 0. The number of rotatable bonds is 8. The fourth-order valence-corrected chi connectivity index (χ4v) is 6.20. The molecule has 2 aromatic rings. The molecule has 8 nitrogen and oxygen atoms in total. The minimum Gasteiger partial charge on any atom is -0.326 e. The second-order valence-corrected chi connectivity index (χ2v) is 10.5. The van der Waals surface area contributed by atoms with Gasteiger partial charge in [-0.25, -0.2) is 8.42 Å². The van der Waals surface area contributed by atoms with Gasteiger partial charge < -0.3 is 10.6 Å². The predicted molar refractivity (Wildman–Crippen MR) is 125 cm³/mol. The van der Waals surface area contributed by atoms with Crippen molar-refractivity contribution in [1.29, 1.82) is 0 Å². The molecule has 1 aliphatic heterocycles. The molecular formula is C24H26N2O6S. The lowest BCUT2D eigenvalue weighted by atomic mass is 9.89. The Morgan fingerprint density at radius 1 is 0.758 bits per heavy atom. The molecule has 9 heteroatoms. The lowest BCUT2D eigenvalue weighted by Crippen LogP contribution is -2.25. The van der Waals surface area contributed by atoms with Crippen molar-refractivity contribution in [1.82, 2.24) is 0 Å². The first kappa shape index (κ1) is 24.3. The van der Waals surface area contributed by atoms with Gasteiger partial charge in [-0.2, -0.15) is 0 Å². The maximum absolute atomic E-state index is 12.6. The van der Waals surface area contributed by atoms with Crippen molar-refractivity contribution in [2.75, 3.05) is 22.1 Å². The molecule has 2 atom stereocenters. The molecule has 0 aromatic heterocycles. The van der Waals surface area contributed by atoms with Crippen LogP contribution in [-0.2, 0) is 19.4 Å². The number of anilines is 2. The Kier molecular flexibility index (Phi) is 7.43. The smallest absolute Gasteiger partial charge is 0.224 e. The molecule has 0 spiro atoms. The van der Waals surface area contributed by atoms with Crippen molar-refractivity contribution in [3.63, 3.8) is 0 Å². The molecule has 2 amide bonds. The van der Waals surface area contributed by atoms with E-state index >= 15 is 0 Å². The van der Waals surface area contributed by atoms with Gasteiger partial charge in [0.2, 0.25) is 11.8 Å². The zero-order valence-electron chi connectivity index (χ0n) is 18.5. The van der Waals surface area contributed by atoms with E-state index in [2.05, 4.69) is 10.6 Å². The molecule has 0 unspecified atom stereocenters. The van der Waals surface area contributed by atoms with Gasteiger partial charge in [0.15, 0.2) is 21.4 Å². The number of ketones is 2. The maximum atomic E-state index is 12.6. The number of benzene rings is 2. The van der Waals surface area contributed by atoms with Crippen LogP contribution in [0.4, 0.5) is 11.4 Å². The van der Waals surface area contributed by atoms with E-state index in [0.29, 0.717) is 22.5 Å². The molecule has 174 valence electrons. The molecule has 2 aromatic carbocycles. The van der Waals surface area contributed by atoms with Gasteiger partial charge in [0.25, 0.3) is 0 Å². The van der Waals surface area contributed by atoms with Crippen molar-refractivity contribution in [3.05, 3.63) is 59.7 Å². The van der Waals surface area contributed by atoms with Gasteiger partial charge in [0.05, 0.1) is 11.5 Å². The second kappa shape index (κ2) is 10.1. The summed E-state index contributed by atoms with van der Waals surface area (Å²) in [5, 5.41) is 5.41. The van der Waals surface area contributed by atoms with Crippen LogP contribution in [0, 0.1) is 11.8 Å². The molecule has 0 aliphatic carbocycles. The highest BCUT2D eigenvalue weighted by molar-refractivity contribution is 7.91. The van der Waals surface area contributed by atoms with Crippen molar-refractivity contribution >= 4 is 44.6 Å². The fraction of sp³-hybridized carbons (Fsp3) is 0.333. The first-order valence-electron chi connectivity index (χ1n) is 10.5. The van der Waals surface area contributed by atoms with Crippen LogP contribution in [0.1, 0.15) is 47.4 Å². The van der Waals surface area contributed by atoms with Gasteiger partial charge in [-0.15, -0.1) is 0 Å². The van der Waals surface area contributed by atoms with Crippen molar-refractivity contribution in [2.24, 2.45) is 11.8 Å². The van der Waals surface area contributed by atoms with Crippen molar-refractivity contribution in [3.8, 4) is 0 Å². The third-order valence-corrected chi connectivity index (χ3v) is 7.48. The predicted octanol–water partition coefficient (Wildman–Crippen LogP) is 3.11. The number of hydrogen-bond acceptors (Lipinski definition) is 6. The summed E-state index contributed by atoms with van der Waals surface area (Å²) in [7, 11) is -3.37. The van der Waals surface area contributed by atoms with Gasteiger partial charge in [0.1, 0.15) is 0 Å². The van der Waals surface area contributed by atoms with Gasteiger partial charge in [-0.05, 0) is 49.9 Å². The van der Waals surface area contributed by atoms with E-state index in [9.17, 15) is 27.6 Å². The number of Topliss-reactive ketones (excluding diaryl/α,β-unsaturated/α-hetero) is 2. The number of nitrogens with one attached hydrogen (secondary N) is 2. The molecule has 1 heterocycles. The molecule has 0 bridgehead atoms. The third kappa shape index (κ3) is 6.82. The fourth-order valence-electron chi connectivity index (χ4n) is 3.98. The Bertz CT molecular complexity index is 1120. The van der Waals surface area contributed by atoms with Crippen LogP contribution >= 0.6 is 0 Å². The average Bonchev–Trinajstić information content (AvgIpc) is 3.00. The monoisotopic (exact) mass is 470 g/mol. The minimum absolute atomic E-state index is 0.0543. The molecule has 0 radical (unpaired) electrons. The van der Waals surface area contributed by atoms with E-state index in [1.807, 2.05) is 0 Å². The van der Waals surface area contributed by atoms with E-state index in [1.54, 1.807) is 48.5 Å². The Morgan fingerprint density at radius 2 is 1.15 bits per heavy atom. The first-order chi connectivity index (χ1) is 15.5. The Labute approximate surface area is 192 Å². The highest BCUT2D eigenvalue weighted by Gasteiger charge is 2.39. The van der Waals surface area contributed by atoms with Crippen LogP contribution in [-0.4, -0.2) is 43.3 Å². The third-order valence-electron chi connectivity index (χ3n) is 5.60. The Hall–Kier alpha value is -3.33. The summed E-state index contributed by atoms with van der Waals surface area (Å²) in [5.74, 6) is -2.34. The van der Waals surface area contributed by atoms with Crippen LogP contribution in [0.25, 0.3) is 0 Å². The number of amides is 2. The zero-order valence-corrected chi connectivity index (χ0v) is 19.3. The van der Waals surface area contributed by atoms with Gasteiger partial charge in [-0.1, -0.05) is 24.3 Å². The molecule has 1 fully saturated rings. The quantitative estimate of drug-likeness (QED) is 0.571. The van der Waals surface area contributed by atoms with Gasteiger partial charge in [-0.3, -0.25) is 19.2 Å². The van der Waals surface area contributed by atoms with Crippen LogP contribution in [0.2, 0.25) is 0 Å². The zero-order chi connectivity index (χ0) is 24.2. The van der Waals surface area contributed by atoms with Crippen LogP contribution in [0.5, 0.6) is 0 Å². The molecule has 1 saturated heterocycles. The standard InChI is InChI=1S/C24H26N2O6S/c1-15(27)17-5-3-7-21(9-17)25-23(29)11-19-13-33(31,32)14-20(19)12-24(30)26-22-8-4-6-18(10-22)16(2)28/h3-10,19-20H,11-14H2,1-2H3,(H,25,29)(H,26,30)/t19-,20-/m1/s1. The summed E-state index contributed by atoms with van der Waals surface area (Å²) in [6.45, 7) is 2.85. The number of carbonyl (C=O) groups is 4. The van der Waals surface area contributed by atoms with E-state index < -0.39 is 21.7 Å².